The van der Waals surface area contributed by atoms with E-state index in [2.05, 4.69) is 13.8 Å². The average Bonchev–Trinajstić information content (AvgIpc) is 2.46. The molecule has 2 aliphatic rings. The van der Waals surface area contributed by atoms with Gasteiger partial charge in [0.25, 0.3) is 0 Å². The van der Waals surface area contributed by atoms with E-state index in [1.807, 2.05) is 11.9 Å². The molecule has 2 fully saturated rings. The van der Waals surface area contributed by atoms with E-state index in [0.29, 0.717) is 24.5 Å². The molecule has 0 aliphatic carbocycles. The highest BCUT2D eigenvalue weighted by Gasteiger charge is 2.51. The molecule has 2 unspecified atom stereocenters. The topological polar surface area (TPSA) is 29.5 Å². The summed E-state index contributed by atoms with van der Waals surface area (Å²) >= 11 is 0. The Bertz CT molecular complexity index is 256. The fourth-order valence-corrected chi connectivity index (χ4v) is 3.01. The zero-order valence-corrected chi connectivity index (χ0v) is 9.95. The summed E-state index contributed by atoms with van der Waals surface area (Å²) in [5.74, 6) is 0.848. The summed E-state index contributed by atoms with van der Waals surface area (Å²) in [6.45, 7) is 5.85. The van der Waals surface area contributed by atoms with Crippen molar-refractivity contribution in [3.8, 4) is 0 Å². The highest BCUT2D eigenvalue weighted by atomic mass is 16.5. The van der Waals surface area contributed by atoms with Crippen molar-refractivity contribution in [2.75, 3.05) is 20.3 Å². The zero-order valence-electron chi connectivity index (χ0n) is 9.95. The second-order valence-corrected chi connectivity index (χ2v) is 5.37. The molecule has 1 amide bonds. The second kappa shape index (κ2) is 3.78. The Hall–Kier alpha value is -0.570. The van der Waals surface area contributed by atoms with Crippen LogP contribution in [0, 0.1) is 11.3 Å². The van der Waals surface area contributed by atoms with Gasteiger partial charge in [-0.15, -0.1) is 0 Å². The van der Waals surface area contributed by atoms with Crippen LogP contribution < -0.4 is 0 Å². The molecule has 2 rings (SSSR count). The number of nitrogens with zero attached hydrogens (tertiary/aromatic N) is 1. The molecule has 0 N–H and O–H groups in total. The van der Waals surface area contributed by atoms with E-state index in [1.165, 1.54) is 0 Å². The molecular formula is C12H21NO2. The molecule has 0 aromatic heterocycles. The highest BCUT2D eigenvalue weighted by molar-refractivity contribution is 5.85. The van der Waals surface area contributed by atoms with Gasteiger partial charge in [0.1, 0.15) is 0 Å². The minimum atomic E-state index is -0.179. The first-order valence-electron chi connectivity index (χ1n) is 5.92. The molecular weight excluding hydrogens is 190 g/mol. The quantitative estimate of drug-likeness (QED) is 0.660. The first-order valence-corrected chi connectivity index (χ1v) is 5.92. The van der Waals surface area contributed by atoms with Crippen LogP contribution in [-0.2, 0) is 9.53 Å². The summed E-state index contributed by atoms with van der Waals surface area (Å²) in [6.07, 6.45) is 3.03. The number of carbonyl (C=O) groups excluding carboxylic acids is 1. The van der Waals surface area contributed by atoms with Crippen LogP contribution in [0.1, 0.15) is 33.1 Å². The monoisotopic (exact) mass is 211 g/mol. The lowest BCUT2D eigenvalue weighted by Gasteiger charge is -2.30. The van der Waals surface area contributed by atoms with E-state index in [4.69, 9.17) is 4.74 Å². The Morgan fingerprint density at radius 1 is 1.53 bits per heavy atom. The summed E-state index contributed by atoms with van der Waals surface area (Å²) < 4.78 is 5.51. The van der Waals surface area contributed by atoms with Gasteiger partial charge in [0.05, 0.1) is 12.0 Å². The molecule has 3 nitrogen and oxygen atoms in total. The first kappa shape index (κ1) is 10.9. The van der Waals surface area contributed by atoms with Gasteiger partial charge in [-0.3, -0.25) is 4.79 Å². The predicted molar refractivity (Wildman–Crippen MR) is 58.5 cm³/mol. The van der Waals surface area contributed by atoms with E-state index < -0.39 is 0 Å². The van der Waals surface area contributed by atoms with Crippen molar-refractivity contribution in [1.82, 2.24) is 4.90 Å². The molecule has 2 heterocycles. The average molecular weight is 211 g/mol. The fraction of sp³-hybridized carbons (Fsp3) is 0.917. The molecule has 86 valence electrons. The minimum Gasteiger partial charge on any atom is -0.380 e. The van der Waals surface area contributed by atoms with Crippen molar-refractivity contribution in [2.45, 2.75) is 39.2 Å². The molecule has 2 saturated heterocycles. The summed E-state index contributed by atoms with van der Waals surface area (Å²) in [6, 6.07) is 0.402. The van der Waals surface area contributed by atoms with E-state index >= 15 is 0 Å². The molecule has 0 radical (unpaired) electrons. The standard InChI is InChI=1S/C12H21NO2/c1-9(2)10-7-12(11(14)13(10)3)5-4-6-15-8-12/h9-10H,4-8H2,1-3H3. The molecule has 0 bridgehead atoms. The minimum absolute atomic E-state index is 0.179. The Balaban J connectivity index is 2.18. The molecule has 15 heavy (non-hydrogen) atoms. The summed E-state index contributed by atoms with van der Waals surface area (Å²) in [5.41, 5.74) is -0.179. The maximum absolute atomic E-state index is 12.2. The van der Waals surface area contributed by atoms with Gasteiger partial charge in [-0.05, 0) is 25.2 Å². The van der Waals surface area contributed by atoms with E-state index in [9.17, 15) is 4.79 Å². The first-order chi connectivity index (χ1) is 7.07. The molecule has 1 spiro atoms. The van der Waals surface area contributed by atoms with Crippen molar-refractivity contribution < 1.29 is 9.53 Å². The summed E-state index contributed by atoms with van der Waals surface area (Å²) in [5, 5.41) is 0. The van der Waals surface area contributed by atoms with Crippen LogP contribution in [0.3, 0.4) is 0 Å². The van der Waals surface area contributed by atoms with E-state index in [-0.39, 0.29) is 5.41 Å². The number of hydrogen-bond acceptors (Lipinski definition) is 2. The number of carbonyl (C=O) groups is 1. The molecule has 0 aromatic rings. The van der Waals surface area contributed by atoms with Crippen molar-refractivity contribution in [2.24, 2.45) is 11.3 Å². The van der Waals surface area contributed by atoms with Gasteiger partial charge in [-0.2, -0.15) is 0 Å². The lowest BCUT2D eigenvalue weighted by Crippen LogP contribution is -2.39. The van der Waals surface area contributed by atoms with Crippen LogP contribution in [0.15, 0.2) is 0 Å². The van der Waals surface area contributed by atoms with Gasteiger partial charge in [-0.25, -0.2) is 0 Å². The fourth-order valence-electron chi connectivity index (χ4n) is 3.01. The maximum atomic E-state index is 12.2. The van der Waals surface area contributed by atoms with Gasteiger partial charge in [-0.1, -0.05) is 13.8 Å². The third-order valence-electron chi connectivity index (χ3n) is 3.96. The normalized spacial score (nSPS) is 36.9. The van der Waals surface area contributed by atoms with Crippen LogP contribution in [0.4, 0.5) is 0 Å². The summed E-state index contributed by atoms with van der Waals surface area (Å²) in [7, 11) is 1.94. The van der Waals surface area contributed by atoms with Gasteiger partial charge >= 0.3 is 0 Å². The van der Waals surface area contributed by atoms with Crippen LogP contribution >= 0.6 is 0 Å². The number of amides is 1. The van der Waals surface area contributed by atoms with Crippen LogP contribution in [-0.4, -0.2) is 37.1 Å². The molecule has 2 atom stereocenters. The zero-order chi connectivity index (χ0) is 11.1. The number of likely N-dealkylation sites (tertiary alicyclic amines) is 1. The number of rotatable bonds is 1. The third kappa shape index (κ3) is 1.67. The SMILES string of the molecule is CC(C)C1CC2(CCCOC2)C(=O)N1C. The molecule has 0 aromatic carbocycles. The number of ether oxygens (including phenoxy) is 1. The van der Waals surface area contributed by atoms with Crippen LogP contribution in [0.25, 0.3) is 0 Å². The lowest BCUT2D eigenvalue weighted by atomic mass is 9.78. The maximum Gasteiger partial charge on any atom is 0.231 e. The molecule has 3 heteroatoms. The van der Waals surface area contributed by atoms with Gasteiger partial charge < -0.3 is 9.64 Å². The largest absolute Gasteiger partial charge is 0.380 e. The molecule has 0 saturated carbocycles. The van der Waals surface area contributed by atoms with E-state index in [0.717, 1.165) is 25.9 Å². The Kier molecular flexibility index (Phi) is 2.75. The number of hydrogen-bond donors (Lipinski definition) is 0. The molecule has 2 aliphatic heterocycles. The predicted octanol–water partition coefficient (Wildman–Crippen LogP) is 1.67. The van der Waals surface area contributed by atoms with Gasteiger partial charge in [0, 0.05) is 19.7 Å². The smallest absolute Gasteiger partial charge is 0.231 e. The second-order valence-electron chi connectivity index (χ2n) is 5.37. The van der Waals surface area contributed by atoms with Crippen molar-refractivity contribution in [3.05, 3.63) is 0 Å². The van der Waals surface area contributed by atoms with Gasteiger partial charge in [0.2, 0.25) is 5.91 Å². The van der Waals surface area contributed by atoms with Crippen molar-refractivity contribution in [3.63, 3.8) is 0 Å². The highest BCUT2D eigenvalue weighted by Crippen LogP contribution is 2.43. The van der Waals surface area contributed by atoms with Crippen molar-refractivity contribution >= 4 is 5.91 Å². The summed E-state index contributed by atoms with van der Waals surface area (Å²) in [4.78, 5) is 14.2. The van der Waals surface area contributed by atoms with E-state index in [1.54, 1.807) is 0 Å². The lowest BCUT2D eigenvalue weighted by molar-refractivity contribution is -0.142. The van der Waals surface area contributed by atoms with Crippen LogP contribution in [0.5, 0.6) is 0 Å². The Morgan fingerprint density at radius 2 is 2.27 bits per heavy atom. The Morgan fingerprint density at radius 3 is 2.73 bits per heavy atom. The van der Waals surface area contributed by atoms with Crippen molar-refractivity contribution in [1.29, 1.82) is 0 Å². The Labute approximate surface area is 91.8 Å². The van der Waals surface area contributed by atoms with Crippen LogP contribution in [0.2, 0.25) is 0 Å². The third-order valence-corrected chi connectivity index (χ3v) is 3.96. The van der Waals surface area contributed by atoms with Gasteiger partial charge in [0.15, 0.2) is 0 Å².